The SMILES string of the molecule is O=C(CCSc1nnc(Cc2cccs2)n1C1CC1)Nc1ccc2c(c1)OCO2. The Kier molecular flexibility index (Phi) is 5.15. The van der Waals surface area contributed by atoms with Crippen molar-refractivity contribution in [1.29, 1.82) is 0 Å². The maximum absolute atomic E-state index is 12.3. The Labute approximate surface area is 176 Å². The van der Waals surface area contributed by atoms with Gasteiger partial charge in [0.1, 0.15) is 5.82 Å². The van der Waals surface area contributed by atoms with Crippen molar-refractivity contribution in [3.63, 3.8) is 0 Å². The van der Waals surface area contributed by atoms with Crippen molar-refractivity contribution in [1.82, 2.24) is 14.8 Å². The highest BCUT2D eigenvalue weighted by molar-refractivity contribution is 7.99. The Balaban J connectivity index is 1.17. The minimum absolute atomic E-state index is 0.0346. The highest BCUT2D eigenvalue weighted by Crippen LogP contribution is 2.39. The van der Waals surface area contributed by atoms with E-state index in [1.54, 1.807) is 35.2 Å². The highest BCUT2D eigenvalue weighted by Gasteiger charge is 2.29. The van der Waals surface area contributed by atoms with Crippen LogP contribution >= 0.6 is 23.1 Å². The average Bonchev–Trinajstić information content (AvgIpc) is 3.10. The second-order valence-corrected chi connectivity index (χ2v) is 9.07. The molecule has 0 spiro atoms. The fourth-order valence-corrected chi connectivity index (χ4v) is 4.89. The van der Waals surface area contributed by atoms with Gasteiger partial charge < -0.3 is 19.4 Å². The molecule has 7 nitrogen and oxygen atoms in total. The number of nitrogens with zero attached hydrogens (tertiary/aromatic N) is 3. The van der Waals surface area contributed by atoms with Crippen LogP contribution in [0.15, 0.2) is 40.9 Å². The molecular formula is C20H20N4O3S2. The van der Waals surface area contributed by atoms with Gasteiger partial charge in [0.2, 0.25) is 12.7 Å². The quantitative estimate of drug-likeness (QED) is 0.544. The van der Waals surface area contributed by atoms with Crippen molar-refractivity contribution in [2.45, 2.75) is 36.9 Å². The fraction of sp³-hybridized carbons (Fsp3) is 0.350. The number of amides is 1. The molecule has 1 saturated carbocycles. The van der Waals surface area contributed by atoms with Gasteiger partial charge in [0, 0.05) is 41.3 Å². The molecule has 1 aliphatic heterocycles. The van der Waals surface area contributed by atoms with E-state index in [0.717, 1.165) is 17.4 Å². The molecule has 1 N–H and O–H groups in total. The zero-order valence-corrected chi connectivity index (χ0v) is 17.3. The first-order chi connectivity index (χ1) is 14.3. The van der Waals surface area contributed by atoms with Crippen LogP contribution in [0.2, 0.25) is 0 Å². The molecule has 150 valence electrons. The summed E-state index contributed by atoms with van der Waals surface area (Å²) in [7, 11) is 0. The molecule has 1 amide bonds. The van der Waals surface area contributed by atoms with Gasteiger partial charge in [-0.2, -0.15) is 0 Å². The standard InChI is InChI=1S/C20H20N4O3S2/c25-19(21-13-3-6-16-17(10-13)27-12-26-16)7-9-29-20-23-22-18(24(20)14-4-5-14)11-15-2-1-8-28-15/h1-3,6,8,10,14H,4-5,7,9,11-12H2,(H,21,25). The van der Waals surface area contributed by atoms with E-state index in [9.17, 15) is 4.79 Å². The van der Waals surface area contributed by atoms with E-state index in [-0.39, 0.29) is 12.7 Å². The molecule has 3 heterocycles. The smallest absolute Gasteiger partial charge is 0.231 e. The van der Waals surface area contributed by atoms with Gasteiger partial charge in [-0.1, -0.05) is 17.8 Å². The summed E-state index contributed by atoms with van der Waals surface area (Å²) in [4.78, 5) is 13.6. The van der Waals surface area contributed by atoms with Crippen molar-refractivity contribution >= 4 is 34.7 Å². The summed E-state index contributed by atoms with van der Waals surface area (Å²) in [5.74, 6) is 3.00. The molecule has 5 rings (SSSR count). The molecule has 0 unspecified atom stereocenters. The fourth-order valence-electron chi connectivity index (χ4n) is 3.23. The topological polar surface area (TPSA) is 78.3 Å². The summed E-state index contributed by atoms with van der Waals surface area (Å²) in [6.45, 7) is 0.222. The van der Waals surface area contributed by atoms with E-state index < -0.39 is 0 Å². The number of nitrogens with one attached hydrogen (secondary N) is 1. The summed E-state index contributed by atoms with van der Waals surface area (Å²) in [6.07, 6.45) is 3.56. The number of anilines is 1. The Bertz CT molecular complexity index is 1010. The minimum atomic E-state index is -0.0346. The number of hydrogen-bond donors (Lipinski definition) is 1. The van der Waals surface area contributed by atoms with Crippen LogP contribution in [0.4, 0.5) is 5.69 Å². The molecule has 29 heavy (non-hydrogen) atoms. The Morgan fingerprint density at radius 3 is 2.97 bits per heavy atom. The molecule has 2 aliphatic rings. The lowest BCUT2D eigenvalue weighted by Crippen LogP contribution is -2.12. The molecule has 0 radical (unpaired) electrons. The third-order valence-electron chi connectivity index (χ3n) is 4.78. The number of ether oxygens (including phenoxy) is 2. The Hall–Kier alpha value is -2.52. The number of aromatic nitrogens is 3. The molecule has 0 bridgehead atoms. The number of rotatable bonds is 8. The Morgan fingerprint density at radius 2 is 2.14 bits per heavy atom. The molecule has 1 aliphatic carbocycles. The number of carbonyl (C=O) groups excluding carboxylic acids is 1. The van der Waals surface area contributed by atoms with Gasteiger partial charge in [-0.25, -0.2) is 0 Å². The van der Waals surface area contributed by atoms with Crippen molar-refractivity contribution in [2.24, 2.45) is 0 Å². The van der Waals surface area contributed by atoms with Crippen LogP contribution in [0.5, 0.6) is 11.5 Å². The van der Waals surface area contributed by atoms with E-state index in [0.29, 0.717) is 35.4 Å². The zero-order valence-electron chi connectivity index (χ0n) is 15.7. The van der Waals surface area contributed by atoms with E-state index in [4.69, 9.17) is 9.47 Å². The molecule has 0 atom stereocenters. The first kappa shape index (κ1) is 18.5. The minimum Gasteiger partial charge on any atom is -0.454 e. The first-order valence-corrected chi connectivity index (χ1v) is 11.4. The normalized spacial score (nSPS) is 14.9. The molecule has 9 heteroatoms. The second-order valence-electron chi connectivity index (χ2n) is 6.97. The Morgan fingerprint density at radius 1 is 1.24 bits per heavy atom. The number of benzene rings is 1. The van der Waals surface area contributed by atoms with Gasteiger partial charge in [-0.05, 0) is 36.4 Å². The predicted octanol–water partition coefficient (Wildman–Crippen LogP) is 4.11. The van der Waals surface area contributed by atoms with E-state index in [2.05, 4.69) is 37.6 Å². The highest BCUT2D eigenvalue weighted by atomic mass is 32.2. The van der Waals surface area contributed by atoms with E-state index in [1.807, 2.05) is 6.07 Å². The largest absolute Gasteiger partial charge is 0.454 e. The van der Waals surface area contributed by atoms with Crippen LogP contribution in [0, 0.1) is 0 Å². The monoisotopic (exact) mass is 428 g/mol. The number of fused-ring (bicyclic) bond motifs is 1. The molecule has 1 fully saturated rings. The van der Waals surface area contributed by atoms with Crippen molar-refractivity contribution in [3.05, 3.63) is 46.4 Å². The second kappa shape index (κ2) is 8.08. The van der Waals surface area contributed by atoms with Crippen molar-refractivity contribution in [2.75, 3.05) is 17.9 Å². The molecule has 0 saturated heterocycles. The lowest BCUT2D eigenvalue weighted by atomic mass is 10.2. The van der Waals surface area contributed by atoms with Gasteiger partial charge in [0.05, 0.1) is 0 Å². The van der Waals surface area contributed by atoms with E-state index in [1.165, 1.54) is 17.7 Å². The van der Waals surface area contributed by atoms with Crippen LogP contribution in [0.25, 0.3) is 0 Å². The molecule has 1 aromatic carbocycles. The summed E-state index contributed by atoms with van der Waals surface area (Å²) in [5.41, 5.74) is 0.712. The summed E-state index contributed by atoms with van der Waals surface area (Å²) >= 11 is 3.34. The number of carbonyl (C=O) groups is 1. The molecule has 3 aromatic rings. The molecular weight excluding hydrogens is 408 g/mol. The zero-order chi connectivity index (χ0) is 19.6. The summed E-state index contributed by atoms with van der Waals surface area (Å²) in [6, 6.07) is 10.1. The van der Waals surface area contributed by atoms with Crippen LogP contribution in [0.3, 0.4) is 0 Å². The van der Waals surface area contributed by atoms with Crippen molar-refractivity contribution in [3.8, 4) is 11.5 Å². The van der Waals surface area contributed by atoms with Gasteiger partial charge in [-0.15, -0.1) is 21.5 Å². The van der Waals surface area contributed by atoms with Crippen LogP contribution in [0.1, 0.15) is 36.0 Å². The van der Waals surface area contributed by atoms with Crippen LogP contribution in [-0.2, 0) is 11.2 Å². The van der Waals surface area contributed by atoms with E-state index >= 15 is 0 Å². The predicted molar refractivity (Wildman–Crippen MR) is 112 cm³/mol. The van der Waals surface area contributed by atoms with Crippen LogP contribution < -0.4 is 14.8 Å². The van der Waals surface area contributed by atoms with Gasteiger partial charge >= 0.3 is 0 Å². The molecule has 2 aromatic heterocycles. The lowest BCUT2D eigenvalue weighted by molar-refractivity contribution is -0.115. The first-order valence-electron chi connectivity index (χ1n) is 9.55. The summed E-state index contributed by atoms with van der Waals surface area (Å²) in [5, 5.41) is 14.7. The van der Waals surface area contributed by atoms with Crippen molar-refractivity contribution < 1.29 is 14.3 Å². The average molecular weight is 429 g/mol. The summed E-state index contributed by atoms with van der Waals surface area (Å²) < 4.78 is 12.9. The van der Waals surface area contributed by atoms with Gasteiger partial charge in [0.15, 0.2) is 16.7 Å². The lowest BCUT2D eigenvalue weighted by Gasteiger charge is -2.09. The number of hydrogen-bond acceptors (Lipinski definition) is 7. The third-order valence-corrected chi connectivity index (χ3v) is 6.60. The number of thiophene rings is 1. The van der Waals surface area contributed by atoms with Crippen LogP contribution in [-0.4, -0.2) is 33.2 Å². The van der Waals surface area contributed by atoms with Gasteiger partial charge in [0.25, 0.3) is 0 Å². The maximum atomic E-state index is 12.3. The third kappa shape index (κ3) is 4.25. The number of thioether (sulfide) groups is 1. The maximum Gasteiger partial charge on any atom is 0.231 e. The van der Waals surface area contributed by atoms with Gasteiger partial charge in [-0.3, -0.25) is 4.79 Å².